The number of para-hydroxylation sites is 1. The number of halogens is 1. The highest BCUT2D eigenvalue weighted by atomic mass is 19.1. The summed E-state index contributed by atoms with van der Waals surface area (Å²) in [5, 5.41) is 11.7. The van der Waals surface area contributed by atoms with Crippen LogP contribution >= 0.6 is 0 Å². The van der Waals surface area contributed by atoms with Crippen molar-refractivity contribution < 1.29 is 9.18 Å². The molecule has 0 unspecified atom stereocenters. The third kappa shape index (κ3) is 3.39. The van der Waals surface area contributed by atoms with Gasteiger partial charge in [-0.05, 0) is 52.0 Å². The Bertz CT molecular complexity index is 1240. The second-order valence-electron chi connectivity index (χ2n) is 7.25. The van der Waals surface area contributed by atoms with Gasteiger partial charge in [0.2, 0.25) is 0 Å². The molecule has 4 rings (SSSR count). The van der Waals surface area contributed by atoms with Crippen LogP contribution in [0.15, 0.2) is 54.7 Å². The van der Waals surface area contributed by atoms with Gasteiger partial charge >= 0.3 is 0 Å². The van der Waals surface area contributed by atoms with E-state index >= 15 is 0 Å². The van der Waals surface area contributed by atoms with Crippen molar-refractivity contribution in [3.63, 3.8) is 0 Å². The van der Waals surface area contributed by atoms with Crippen molar-refractivity contribution in [2.45, 2.75) is 27.7 Å². The molecular formula is C23H22FN5O. The molecule has 1 N–H and O–H groups in total. The second kappa shape index (κ2) is 7.59. The SMILES string of the molecule is Cc1ccc(-n2nc(C)c(NC(=O)c3cnn(-c4ccccc4F)c3C)c2C)cc1. The largest absolute Gasteiger partial charge is 0.319 e. The smallest absolute Gasteiger partial charge is 0.259 e. The number of nitrogens with one attached hydrogen (secondary N) is 1. The van der Waals surface area contributed by atoms with Gasteiger partial charge in [0.15, 0.2) is 0 Å². The van der Waals surface area contributed by atoms with Crippen LogP contribution < -0.4 is 5.32 Å². The molecule has 0 atom stereocenters. The molecule has 0 aliphatic rings. The Hall–Kier alpha value is -3.74. The van der Waals surface area contributed by atoms with Crippen LogP contribution in [0, 0.1) is 33.5 Å². The number of aromatic nitrogens is 4. The molecule has 6 nitrogen and oxygen atoms in total. The standard InChI is InChI=1S/C23H22FN5O/c1-14-9-11-18(12-10-14)28-17(4)22(15(2)27-28)26-23(30)19-13-25-29(16(19)3)21-8-6-5-7-20(21)24/h5-13H,1-4H3,(H,26,30). The Morgan fingerprint density at radius 2 is 1.63 bits per heavy atom. The molecule has 0 radical (unpaired) electrons. The van der Waals surface area contributed by atoms with Gasteiger partial charge in [0, 0.05) is 0 Å². The molecule has 30 heavy (non-hydrogen) atoms. The molecule has 0 saturated carbocycles. The molecule has 0 fully saturated rings. The summed E-state index contributed by atoms with van der Waals surface area (Å²) in [6.07, 6.45) is 1.45. The molecule has 2 heterocycles. The van der Waals surface area contributed by atoms with Crippen LogP contribution in [0.4, 0.5) is 10.1 Å². The van der Waals surface area contributed by atoms with Gasteiger partial charge in [-0.15, -0.1) is 0 Å². The van der Waals surface area contributed by atoms with Crippen molar-refractivity contribution in [2.24, 2.45) is 0 Å². The molecule has 0 bridgehead atoms. The van der Waals surface area contributed by atoms with Gasteiger partial charge in [-0.25, -0.2) is 13.8 Å². The van der Waals surface area contributed by atoms with Gasteiger partial charge in [-0.2, -0.15) is 10.2 Å². The van der Waals surface area contributed by atoms with Crippen molar-refractivity contribution in [2.75, 3.05) is 5.32 Å². The van der Waals surface area contributed by atoms with E-state index in [0.717, 1.165) is 16.9 Å². The fourth-order valence-electron chi connectivity index (χ4n) is 3.44. The molecule has 0 saturated heterocycles. The lowest BCUT2D eigenvalue weighted by Crippen LogP contribution is -2.14. The van der Waals surface area contributed by atoms with E-state index < -0.39 is 5.82 Å². The van der Waals surface area contributed by atoms with E-state index in [1.54, 1.807) is 29.8 Å². The van der Waals surface area contributed by atoms with E-state index in [1.807, 2.05) is 45.0 Å². The number of amides is 1. The van der Waals surface area contributed by atoms with Crippen LogP contribution in [0.1, 0.15) is 33.0 Å². The predicted octanol–water partition coefficient (Wildman–Crippen LogP) is 4.68. The summed E-state index contributed by atoms with van der Waals surface area (Å²) >= 11 is 0. The summed E-state index contributed by atoms with van der Waals surface area (Å²) in [4.78, 5) is 13.0. The first-order valence-corrected chi connectivity index (χ1v) is 9.61. The number of rotatable bonds is 4. The van der Waals surface area contributed by atoms with E-state index in [2.05, 4.69) is 15.5 Å². The lowest BCUT2D eigenvalue weighted by molar-refractivity contribution is 0.102. The van der Waals surface area contributed by atoms with Gasteiger partial charge in [0.1, 0.15) is 11.5 Å². The lowest BCUT2D eigenvalue weighted by Gasteiger charge is -2.08. The van der Waals surface area contributed by atoms with Crippen molar-refractivity contribution in [3.05, 3.63) is 88.8 Å². The molecule has 7 heteroatoms. The summed E-state index contributed by atoms with van der Waals surface area (Å²) in [6.45, 7) is 7.53. The molecule has 2 aromatic heterocycles. The van der Waals surface area contributed by atoms with Crippen molar-refractivity contribution in [3.8, 4) is 11.4 Å². The molecule has 0 spiro atoms. The predicted molar refractivity (Wildman–Crippen MR) is 114 cm³/mol. The minimum absolute atomic E-state index is 0.300. The Labute approximate surface area is 174 Å². The van der Waals surface area contributed by atoms with E-state index in [1.165, 1.54) is 16.9 Å². The minimum Gasteiger partial charge on any atom is -0.319 e. The first-order valence-electron chi connectivity index (χ1n) is 9.61. The first-order chi connectivity index (χ1) is 14.4. The zero-order valence-corrected chi connectivity index (χ0v) is 17.3. The van der Waals surface area contributed by atoms with Crippen LogP contribution in [-0.4, -0.2) is 25.5 Å². The van der Waals surface area contributed by atoms with E-state index in [4.69, 9.17) is 0 Å². The summed E-state index contributed by atoms with van der Waals surface area (Å²) in [6, 6.07) is 14.3. The topological polar surface area (TPSA) is 64.7 Å². The number of aryl methyl sites for hydroxylation is 2. The Morgan fingerprint density at radius 3 is 2.33 bits per heavy atom. The molecule has 0 aliphatic heterocycles. The number of hydrogen-bond donors (Lipinski definition) is 1. The molecular weight excluding hydrogens is 381 g/mol. The van der Waals surface area contributed by atoms with Gasteiger partial charge in [0.05, 0.1) is 40.2 Å². The van der Waals surface area contributed by atoms with E-state index in [0.29, 0.717) is 28.3 Å². The fraction of sp³-hybridized carbons (Fsp3) is 0.174. The highest BCUT2D eigenvalue weighted by Gasteiger charge is 2.20. The molecule has 1 amide bonds. The number of carbonyl (C=O) groups excluding carboxylic acids is 1. The maximum Gasteiger partial charge on any atom is 0.259 e. The summed E-state index contributed by atoms with van der Waals surface area (Å²) in [5.74, 6) is -0.716. The van der Waals surface area contributed by atoms with Crippen LogP contribution in [0.2, 0.25) is 0 Å². The highest BCUT2D eigenvalue weighted by Crippen LogP contribution is 2.25. The fourth-order valence-corrected chi connectivity index (χ4v) is 3.44. The minimum atomic E-state index is -0.401. The third-order valence-corrected chi connectivity index (χ3v) is 5.14. The Balaban J connectivity index is 1.64. The van der Waals surface area contributed by atoms with Crippen LogP contribution in [0.3, 0.4) is 0 Å². The Morgan fingerprint density at radius 1 is 0.933 bits per heavy atom. The van der Waals surface area contributed by atoms with Crippen LogP contribution in [0.25, 0.3) is 11.4 Å². The first kappa shape index (κ1) is 19.6. The molecule has 4 aromatic rings. The number of nitrogens with zero attached hydrogens (tertiary/aromatic N) is 4. The highest BCUT2D eigenvalue weighted by molar-refractivity contribution is 6.05. The third-order valence-electron chi connectivity index (χ3n) is 5.14. The zero-order valence-electron chi connectivity index (χ0n) is 17.3. The van der Waals surface area contributed by atoms with Crippen molar-refractivity contribution in [1.82, 2.24) is 19.6 Å². The summed E-state index contributed by atoms with van der Waals surface area (Å²) in [5.41, 5.74) is 5.50. The van der Waals surface area contributed by atoms with Gasteiger partial charge in [0.25, 0.3) is 5.91 Å². The average Bonchev–Trinajstić information content (AvgIpc) is 3.24. The van der Waals surface area contributed by atoms with Gasteiger partial charge < -0.3 is 5.32 Å². The number of hydrogen-bond acceptors (Lipinski definition) is 3. The summed E-state index contributed by atoms with van der Waals surface area (Å²) in [7, 11) is 0. The lowest BCUT2D eigenvalue weighted by atomic mass is 10.2. The number of benzene rings is 2. The number of anilines is 1. The monoisotopic (exact) mass is 403 g/mol. The van der Waals surface area contributed by atoms with Gasteiger partial charge in [-0.3, -0.25) is 4.79 Å². The normalized spacial score (nSPS) is 11.0. The average molecular weight is 403 g/mol. The van der Waals surface area contributed by atoms with Crippen LogP contribution in [0.5, 0.6) is 0 Å². The van der Waals surface area contributed by atoms with E-state index in [-0.39, 0.29) is 5.91 Å². The Kier molecular flexibility index (Phi) is 4.95. The molecule has 2 aromatic carbocycles. The quantitative estimate of drug-likeness (QED) is 0.538. The number of carbonyl (C=O) groups is 1. The maximum absolute atomic E-state index is 14.1. The molecule has 0 aliphatic carbocycles. The maximum atomic E-state index is 14.1. The van der Waals surface area contributed by atoms with Crippen LogP contribution in [-0.2, 0) is 0 Å². The second-order valence-corrected chi connectivity index (χ2v) is 7.25. The van der Waals surface area contributed by atoms with Gasteiger partial charge in [-0.1, -0.05) is 29.8 Å². The van der Waals surface area contributed by atoms with Crippen molar-refractivity contribution >= 4 is 11.6 Å². The zero-order chi connectivity index (χ0) is 21.4. The summed E-state index contributed by atoms with van der Waals surface area (Å²) < 4.78 is 17.4. The van der Waals surface area contributed by atoms with E-state index in [9.17, 15) is 9.18 Å². The van der Waals surface area contributed by atoms with Crippen molar-refractivity contribution in [1.29, 1.82) is 0 Å². The molecule has 152 valence electrons.